The number of hydrogen-bond acceptors (Lipinski definition) is 6. The number of thiazole rings is 1. The topological polar surface area (TPSA) is 71.5 Å². The van der Waals surface area contributed by atoms with E-state index in [1.54, 1.807) is 6.92 Å². The Morgan fingerprint density at radius 3 is 2.87 bits per heavy atom. The van der Waals surface area contributed by atoms with Gasteiger partial charge in [-0.3, -0.25) is 0 Å². The summed E-state index contributed by atoms with van der Waals surface area (Å²) in [5.41, 5.74) is 0.370. The Kier molecular flexibility index (Phi) is 4.51. The smallest absolute Gasteiger partial charge is 0.350 e. The average Bonchev–Trinajstić information content (AvgIpc) is 2.62. The molecule has 0 saturated heterocycles. The molecule has 0 fully saturated rings. The number of carbonyl (C=O) groups is 1. The molecule has 0 aromatic carbocycles. The molecule has 0 spiro atoms. The van der Waals surface area contributed by atoms with E-state index in [1.165, 1.54) is 11.3 Å². The molecule has 0 saturated carbocycles. The van der Waals surface area contributed by atoms with E-state index in [2.05, 4.69) is 10.3 Å². The summed E-state index contributed by atoms with van der Waals surface area (Å²) in [5.74, 6) is -0.428. The standard InChI is InChI=1S/C9H14N2O3S/c1-3-10-9-11-6(5-12)7(15-9)8(13)14-4-2/h12H,3-5H2,1-2H3,(H,10,11). The van der Waals surface area contributed by atoms with Gasteiger partial charge in [-0.2, -0.15) is 0 Å². The first-order chi connectivity index (χ1) is 7.22. The number of rotatable bonds is 5. The van der Waals surface area contributed by atoms with Crippen molar-refractivity contribution < 1.29 is 14.6 Å². The predicted molar refractivity (Wildman–Crippen MR) is 58.2 cm³/mol. The second-order valence-electron chi connectivity index (χ2n) is 2.70. The monoisotopic (exact) mass is 230 g/mol. The molecule has 2 N–H and O–H groups in total. The highest BCUT2D eigenvalue weighted by Gasteiger charge is 2.18. The van der Waals surface area contributed by atoms with Crippen LogP contribution in [0.5, 0.6) is 0 Å². The van der Waals surface area contributed by atoms with Gasteiger partial charge in [0.2, 0.25) is 0 Å². The fraction of sp³-hybridized carbons (Fsp3) is 0.556. The molecule has 1 aromatic rings. The SMILES string of the molecule is CCNc1nc(CO)c(C(=O)OCC)s1. The molecule has 1 aromatic heterocycles. The van der Waals surface area contributed by atoms with Crippen LogP contribution < -0.4 is 5.32 Å². The second kappa shape index (κ2) is 5.67. The minimum atomic E-state index is -0.428. The maximum absolute atomic E-state index is 11.5. The van der Waals surface area contributed by atoms with Crippen LogP contribution in [0.3, 0.4) is 0 Å². The molecular weight excluding hydrogens is 216 g/mol. The van der Waals surface area contributed by atoms with Crippen molar-refractivity contribution in [3.63, 3.8) is 0 Å². The Bertz CT molecular complexity index is 338. The zero-order valence-corrected chi connectivity index (χ0v) is 9.56. The molecular formula is C9H14N2O3S. The number of carbonyl (C=O) groups excluding carboxylic acids is 1. The molecule has 15 heavy (non-hydrogen) atoms. The number of nitrogens with zero attached hydrogens (tertiary/aromatic N) is 1. The molecule has 1 heterocycles. The summed E-state index contributed by atoms with van der Waals surface area (Å²) in [6, 6.07) is 0. The van der Waals surface area contributed by atoms with Crippen LogP contribution in [-0.4, -0.2) is 29.2 Å². The third-order valence-electron chi connectivity index (χ3n) is 1.64. The molecule has 0 atom stereocenters. The quantitative estimate of drug-likeness (QED) is 0.745. The summed E-state index contributed by atoms with van der Waals surface area (Å²) in [7, 11) is 0. The van der Waals surface area contributed by atoms with Crippen molar-refractivity contribution in [2.75, 3.05) is 18.5 Å². The minimum Gasteiger partial charge on any atom is -0.462 e. The van der Waals surface area contributed by atoms with Gasteiger partial charge in [-0.05, 0) is 13.8 Å². The van der Waals surface area contributed by atoms with E-state index in [-0.39, 0.29) is 6.61 Å². The van der Waals surface area contributed by atoms with Crippen LogP contribution in [-0.2, 0) is 11.3 Å². The van der Waals surface area contributed by atoms with Gasteiger partial charge in [0.05, 0.1) is 18.9 Å². The summed E-state index contributed by atoms with van der Waals surface area (Å²) < 4.78 is 4.85. The third-order valence-corrected chi connectivity index (χ3v) is 2.67. The Morgan fingerprint density at radius 2 is 2.33 bits per heavy atom. The van der Waals surface area contributed by atoms with Gasteiger partial charge >= 0.3 is 5.97 Å². The van der Waals surface area contributed by atoms with E-state index in [4.69, 9.17) is 9.84 Å². The first-order valence-corrected chi connectivity index (χ1v) is 5.56. The van der Waals surface area contributed by atoms with Gasteiger partial charge in [0.25, 0.3) is 0 Å². The average molecular weight is 230 g/mol. The molecule has 0 aliphatic heterocycles. The minimum absolute atomic E-state index is 0.254. The van der Waals surface area contributed by atoms with Gasteiger partial charge < -0.3 is 15.2 Å². The van der Waals surface area contributed by atoms with Gasteiger partial charge in [-0.15, -0.1) is 0 Å². The number of anilines is 1. The zero-order valence-electron chi connectivity index (χ0n) is 8.74. The summed E-state index contributed by atoms with van der Waals surface area (Å²) in [4.78, 5) is 15.9. The Hall–Kier alpha value is -1.14. The highest BCUT2D eigenvalue weighted by molar-refractivity contribution is 7.17. The van der Waals surface area contributed by atoms with Gasteiger partial charge in [0.15, 0.2) is 5.13 Å². The van der Waals surface area contributed by atoms with Crippen LogP contribution in [0.2, 0.25) is 0 Å². The predicted octanol–water partition coefficient (Wildman–Crippen LogP) is 1.24. The van der Waals surface area contributed by atoms with Gasteiger partial charge in [0, 0.05) is 6.54 Å². The van der Waals surface area contributed by atoms with Crippen molar-refractivity contribution >= 4 is 22.4 Å². The van der Waals surface area contributed by atoms with Crippen molar-refractivity contribution in [1.82, 2.24) is 4.98 Å². The van der Waals surface area contributed by atoms with Crippen LogP contribution >= 0.6 is 11.3 Å². The number of aliphatic hydroxyl groups excluding tert-OH is 1. The number of esters is 1. The first-order valence-electron chi connectivity index (χ1n) is 4.74. The van der Waals surface area contributed by atoms with Gasteiger partial charge in [0.1, 0.15) is 4.88 Å². The van der Waals surface area contributed by atoms with Crippen molar-refractivity contribution in [2.45, 2.75) is 20.5 Å². The highest BCUT2D eigenvalue weighted by Crippen LogP contribution is 2.23. The van der Waals surface area contributed by atoms with Crippen LogP contribution in [0.1, 0.15) is 29.2 Å². The Morgan fingerprint density at radius 1 is 1.60 bits per heavy atom. The number of aromatic nitrogens is 1. The maximum Gasteiger partial charge on any atom is 0.350 e. The van der Waals surface area contributed by atoms with Crippen LogP contribution in [0.15, 0.2) is 0 Å². The molecule has 0 amide bonds. The van der Waals surface area contributed by atoms with E-state index < -0.39 is 5.97 Å². The fourth-order valence-corrected chi connectivity index (χ4v) is 1.98. The molecule has 6 heteroatoms. The normalized spacial score (nSPS) is 10.1. The maximum atomic E-state index is 11.5. The summed E-state index contributed by atoms with van der Waals surface area (Å²) in [6.07, 6.45) is 0. The molecule has 0 aliphatic carbocycles. The number of hydrogen-bond donors (Lipinski definition) is 2. The van der Waals surface area contributed by atoms with Crippen LogP contribution in [0.25, 0.3) is 0 Å². The van der Waals surface area contributed by atoms with Crippen molar-refractivity contribution in [3.8, 4) is 0 Å². The molecule has 84 valence electrons. The lowest BCUT2D eigenvalue weighted by atomic mass is 10.4. The van der Waals surface area contributed by atoms with Gasteiger partial charge in [-0.25, -0.2) is 9.78 Å². The first kappa shape index (κ1) is 11.9. The molecule has 0 radical (unpaired) electrons. The number of ether oxygens (including phenoxy) is 1. The molecule has 0 aliphatic rings. The summed E-state index contributed by atoms with van der Waals surface area (Å²) in [6.45, 7) is 4.46. The summed E-state index contributed by atoms with van der Waals surface area (Å²) in [5, 5.41) is 12.6. The van der Waals surface area contributed by atoms with Crippen molar-refractivity contribution in [2.24, 2.45) is 0 Å². The third kappa shape index (κ3) is 2.90. The largest absolute Gasteiger partial charge is 0.462 e. The van der Waals surface area contributed by atoms with Gasteiger partial charge in [-0.1, -0.05) is 11.3 Å². The Balaban J connectivity index is 2.89. The van der Waals surface area contributed by atoms with Crippen LogP contribution in [0, 0.1) is 0 Å². The second-order valence-corrected chi connectivity index (χ2v) is 3.70. The van der Waals surface area contributed by atoms with Crippen molar-refractivity contribution in [3.05, 3.63) is 10.6 Å². The number of aliphatic hydroxyl groups is 1. The van der Waals surface area contributed by atoms with E-state index in [9.17, 15) is 4.79 Å². The molecule has 0 unspecified atom stereocenters. The van der Waals surface area contributed by atoms with E-state index in [1.807, 2.05) is 6.92 Å². The van der Waals surface area contributed by atoms with Crippen molar-refractivity contribution in [1.29, 1.82) is 0 Å². The zero-order chi connectivity index (χ0) is 11.3. The molecule has 0 bridgehead atoms. The van der Waals surface area contributed by atoms with E-state index in [0.29, 0.717) is 22.3 Å². The lowest BCUT2D eigenvalue weighted by Crippen LogP contribution is -2.05. The molecule has 1 rings (SSSR count). The van der Waals surface area contributed by atoms with E-state index >= 15 is 0 Å². The highest BCUT2D eigenvalue weighted by atomic mass is 32.1. The summed E-state index contributed by atoms with van der Waals surface area (Å²) >= 11 is 1.20. The van der Waals surface area contributed by atoms with E-state index in [0.717, 1.165) is 6.54 Å². The van der Waals surface area contributed by atoms with Crippen LogP contribution in [0.4, 0.5) is 5.13 Å². The lowest BCUT2D eigenvalue weighted by molar-refractivity contribution is 0.0528. The lowest BCUT2D eigenvalue weighted by Gasteiger charge is -1.98. The number of nitrogens with one attached hydrogen (secondary N) is 1. The Labute approximate surface area is 92.1 Å². The molecule has 5 nitrogen and oxygen atoms in total. The fourth-order valence-electron chi connectivity index (χ4n) is 1.04.